The predicted molar refractivity (Wildman–Crippen MR) is 76.9 cm³/mol. The van der Waals surface area contributed by atoms with E-state index in [1.54, 1.807) is 24.7 Å². The second-order valence-electron chi connectivity index (χ2n) is 3.79. The summed E-state index contributed by atoms with van der Waals surface area (Å²) >= 11 is 10.6. The van der Waals surface area contributed by atoms with Gasteiger partial charge in [0.05, 0.1) is 22.3 Å². The van der Waals surface area contributed by atoms with Crippen molar-refractivity contribution in [2.45, 2.75) is 13.0 Å². The summed E-state index contributed by atoms with van der Waals surface area (Å²) < 4.78 is 14.8. The van der Waals surface area contributed by atoms with E-state index in [1.165, 1.54) is 11.3 Å². The number of halogens is 3. The summed E-state index contributed by atoms with van der Waals surface area (Å²) in [5.74, 6) is -0.404. The van der Waals surface area contributed by atoms with E-state index in [1.807, 2.05) is 6.92 Å². The number of rotatable bonds is 3. The zero-order chi connectivity index (χ0) is 13.3. The second kappa shape index (κ2) is 5.65. The van der Waals surface area contributed by atoms with Crippen molar-refractivity contribution in [3.8, 4) is 0 Å². The number of hydrogen-bond acceptors (Lipinski definition) is 3. The van der Waals surface area contributed by atoms with E-state index >= 15 is 0 Å². The van der Waals surface area contributed by atoms with Crippen molar-refractivity contribution in [3.05, 3.63) is 49.1 Å². The lowest BCUT2D eigenvalue weighted by Gasteiger charge is -2.17. The predicted octanol–water partition coefficient (Wildman–Crippen LogP) is 4.32. The third kappa shape index (κ3) is 2.45. The van der Waals surface area contributed by atoms with Gasteiger partial charge in [-0.1, -0.05) is 17.7 Å². The largest absolute Gasteiger partial charge is 0.309 e. The van der Waals surface area contributed by atoms with E-state index in [9.17, 15) is 4.39 Å². The Morgan fingerprint density at radius 3 is 2.78 bits per heavy atom. The molecule has 96 valence electrons. The van der Waals surface area contributed by atoms with Crippen molar-refractivity contribution in [2.24, 2.45) is 0 Å². The maximum absolute atomic E-state index is 14.2. The first-order valence-electron chi connectivity index (χ1n) is 5.27. The SMILES string of the molecule is CNC(c1ccc(Br)c(Cl)c1F)c1scnc1C. The molecule has 2 rings (SSSR count). The minimum absolute atomic E-state index is 0.106. The maximum atomic E-state index is 14.2. The topological polar surface area (TPSA) is 24.9 Å². The van der Waals surface area contributed by atoms with Crippen molar-refractivity contribution in [2.75, 3.05) is 7.05 Å². The number of nitrogens with zero attached hydrogens (tertiary/aromatic N) is 1. The molecule has 0 aliphatic rings. The third-order valence-corrected chi connectivity index (χ3v) is 4.96. The summed E-state index contributed by atoms with van der Waals surface area (Å²) in [4.78, 5) is 5.19. The molecule has 0 aliphatic carbocycles. The fraction of sp³-hybridized carbons (Fsp3) is 0.250. The van der Waals surface area contributed by atoms with Gasteiger partial charge in [-0.05, 0) is 36.0 Å². The fourth-order valence-electron chi connectivity index (χ4n) is 1.78. The Bertz CT molecular complexity index is 573. The smallest absolute Gasteiger partial charge is 0.148 e. The Labute approximate surface area is 122 Å². The summed E-state index contributed by atoms with van der Waals surface area (Å²) in [5.41, 5.74) is 3.18. The molecule has 1 atom stereocenters. The molecule has 0 radical (unpaired) electrons. The van der Waals surface area contributed by atoms with Crippen LogP contribution < -0.4 is 5.32 Å². The standard InChI is InChI=1S/C12H11BrClFN2S/c1-6-12(18-5-17-6)11(16-2)7-3-4-8(13)9(14)10(7)15/h3-5,11,16H,1-2H3. The number of nitrogens with one attached hydrogen (secondary N) is 1. The van der Waals surface area contributed by atoms with Crippen LogP contribution in [0.5, 0.6) is 0 Å². The molecule has 1 unspecified atom stereocenters. The van der Waals surface area contributed by atoms with E-state index in [0.717, 1.165) is 10.6 Å². The molecule has 0 bridgehead atoms. The number of hydrogen-bond donors (Lipinski definition) is 1. The lowest BCUT2D eigenvalue weighted by atomic mass is 10.0. The van der Waals surface area contributed by atoms with E-state index in [4.69, 9.17) is 11.6 Å². The highest BCUT2D eigenvalue weighted by molar-refractivity contribution is 9.10. The van der Waals surface area contributed by atoms with Crippen LogP contribution >= 0.6 is 38.9 Å². The normalized spacial score (nSPS) is 12.7. The minimum Gasteiger partial charge on any atom is -0.309 e. The molecule has 0 saturated carbocycles. The summed E-state index contributed by atoms with van der Waals surface area (Å²) in [6.07, 6.45) is 0. The lowest BCUT2D eigenvalue weighted by molar-refractivity contribution is 0.577. The van der Waals surface area contributed by atoms with Crippen LogP contribution in [0.2, 0.25) is 5.02 Å². The van der Waals surface area contributed by atoms with Crippen LogP contribution in [-0.2, 0) is 0 Å². The molecular weight excluding hydrogens is 339 g/mol. The molecule has 2 nitrogen and oxygen atoms in total. The van der Waals surface area contributed by atoms with Crippen molar-refractivity contribution >= 4 is 38.9 Å². The molecule has 1 N–H and O–H groups in total. The molecule has 0 fully saturated rings. The van der Waals surface area contributed by atoms with Crippen LogP contribution in [0, 0.1) is 12.7 Å². The first-order valence-corrected chi connectivity index (χ1v) is 7.32. The van der Waals surface area contributed by atoms with Crippen molar-refractivity contribution in [1.82, 2.24) is 10.3 Å². The highest BCUT2D eigenvalue weighted by atomic mass is 79.9. The van der Waals surface area contributed by atoms with Crippen LogP contribution in [0.15, 0.2) is 22.1 Å². The number of aromatic nitrogens is 1. The second-order valence-corrected chi connectivity index (χ2v) is 5.91. The van der Waals surface area contributed by atoms with Crippen molar-refractivity contribution < 1.29 is 4.39 Å². The summed E-state index contributed by atoms with van der Waals surface area (Å²) in [7, 11) is 1.79. The molecule has 2 aromatic rings. The van der Waals surface area contributed by atoms with Gasteiger partial charge in [-0.2, -0.15) is 0 Å². The van der Waals surface area contributed by atoms with Crippen LogP contribution in [0.4, 0.5) is 4.39 Å². The molecule has 0 aliphatic heterocycles. The van der Waals surface area contributed by atoms with Crippen LogP contribution in [0.3, 0.4) is 0 Å². The Balaban J connectivity index is 2.53. The average molecular weight is 350 g/mol. The molecule has 0 saturated heterocycles. The van der Waals surface area contributed by atoms with Gasteiger partial charge in [-0.25, -0.2) is 9.37 Å². The van der Waals surface area contributed by atoms with Gasteiger partial charge in [0, 0.05) is 14.9 Å². The lowest BCUT2D eigenvalue weighted by Crippen LogP contribution is -2.19. The van der Waals surface area contributed by atoms with E-state index in [2.05, 4.69) is 26.2 Å². The molecule has 1 heterocycles. The Kier molecular flexibility index (Phi) is 4.37. The number of thiazole rings is 1. The minimum atomic E-state index is -0.404. The molecule has 1 aromatic carbocycles. The number of aryl methyl sites for hydroxylation is 1. The zero-order valence-electron chi connectivity index (χ0n) is 9.80. The molecular formula is C12H11BrClFN2S. The van der Waals surface area contributed by atoms with Gasteiger partial charge < -0.3 is 5.32 Å². The Hall–Kier alpha value is -0.490. The van der Waals surface area contributed by atoms with Gasteiger partial charge in [0.25, 0.3) is 0 Å². The highest BCUT2D eigenvalue weighted by Gasteiger charge is 2.22. The van der Waals surface area contributed by atoms with Gasteiger partial charge in [0.1, 0.15) is 5.82 Å². The van der Waals surface area contributed by atoms with E-state index in [0.29, 0.717) is 10.0 Å². The molecule has 0 amide bonds. The van der Waals surface area contributed by atoms with Gasteiger partial charge >= 0.3 is 0 Å². The summed E-state index contributed by atoms with van der Waals surface area (Å²) in [6, 6.07) is 3.25. The fourth-order valence-corrected chi connectivity index (χ4v) is 3.19. The van der Waals surface area contributed by atoms with Gasteiger partial charge in [0.15, 0.2) is 0 Å². The van der Waals surface area contributed by atoms with Crippen LogP contribution in [-0.4, -0.2) is 12.0 Å². The van der Waals surface area contributed by atoms with E-state index in [-0.39, 0.29) is 11.1 Å². The van der Waals surface area contributed by atoms with Gasteiger partial charge in [-0.15, -0.1) is 11.3 Å². The average Bonchev–Trinajstić information content (AvgIpc) is 2.77. The van der Waals surface area contributed by atoms with Crippen molar-refractivity contribution in [1.29, 1.82) is 0 Å². The van der Waals surface area contributed by atoms with Gasteiger partial charge in [0.2, 0.25) is 0 Å². The monoisotopic (exact) mass is 348 g/mol. The molecule has 18 heavy (non-hydrogen) atoms. The Morgan fingerprint density at radius 1 is 1.50 bits per heavy atom. The quantitative estimate of drug-likeness (QED) is 0.835. The highest BCUT2D eigenvalue weighted by Crippen LogP contribution is 2.34. The maximum Gasteiger partial charge on any atom is 0.148 e. The molecule has 6 heteroatoms. The summed E-state index contributed by atoms with van der Waals surface area (Å²) in [5, 5.41) is 3.21. The first-order chi connectivity index (χ1) is 8.56. The van der Waals surface area contributed by atoms with Crippen molar-refractivity contribution in [3.63, 3.8) is 0 Å². The number of benzene rings is 1. The van der Waals surface area contributed by atoms with Crippen LogP contribution in [0.25, 0.3) is 0 Å². The van der Waals surface area contributed by atoms with Crippen LogP contribution in [0.1, 0.15) is 22.2 Å². The van der Waals surface area contributed by atoms with E-state index < -0.39 is 5.82 Å². The Morgan fingerprint density at radius 2 is 2.22 bits per heavy atom. The summed E-state index contributed by atoms with van der Waals surface area (Å²) in [6.45, 7) is 1.91. The van der Waals surface area contributed by atoms with Gasteiger partial charge in [-0.3, -0.25) is 0 Å². The third-order valence-electron chi connectivity index (χ3n) is 2.71. The first kappa shape index (κ1) is 13.9. The molecule has 0 spiro atoms. The zero-order valence-corrected chi connectivity index (χ0v) is 13.0. The molecule has 1 aromatic heterocycles.